The van der Waals surface area contributed by atoms with Crippen molar-refractivity contribution in [1.82, 2.24) is 4.90 Å². The Morgan fingerprint density at radius 1 is 1.33 bits per heavy atom. The van der Waals surface area contributed by atoms with Crippen LogP contribution in [0, 0.1) is 11.3 Å². The number of alkyl halides is 1. The molecule has 0 radical (unpaired) electrons. The normalized spacial score (nSPS) is 28.2. The van der Waals surface area contributed by atoms with Crippen LogP contribution in [0.1, 0.15) is 31.2 Å². The highest BCUT2D eigenvalue weighted by Crippen LogP contribution is 2.48. The lowest BCUT2D eigenvalue weighted by Gasteiger charge is -2.23. The first kappa shape index (κ1) is 14.9. The van der Waals surface area contributed by atoms with Gasteiger partial charge >= 0.3 is 6.09 Å². The fourth-order valence-electron chi connectivity index (χ4n) is 3.73. The largest absolute Gasteiger partial charge is 0.445 e. The van der Waals surface area contributed by atoms with Gasteiger partial charge in [0.15, 0.2) is 0 Å². The second-order valence-electron chi connectivity index (χ2n) is 6.47. The summed E-state index contributed by atoms with van der Waals surface area (Å²) in [5.74, 6) is 0.783. The maximum atomic E-state index is 12.2. The summed E-state index contributed by atoms with van der Waals surface area (Å²) in [6.07, 6.45) is 4.78. The first-order valence-corrected chi connectivity index (χ1v) is 8.84. The van der Waals surface area contributed by atoms with Gasteiger partial charge in [0.25, 0.3) is 0 Å². The van der Waals surface area contributed by atoms with Crippen molar-refractivity contribution in [3.05, 3.63) is 35.9 Å². The zero-order valence-corrected chi connectivity index (χ0v) is 13.8. The van der Waals surface area contributed by atoms with Crippen molar-refractivity contribution in [1.29, 1.82) is 0 Å². The maximum absolute atomic E-state index is 12.2. The van der Waals surface area contributed by atoms with Crippen LogP contribution >= 0.6 is 15.9 Å². The van der Waals surface area contributed by atoms with Crippen molar-refractivity contribution >= 4 is 22.0 Å². The van der Waals surface area contributed by atoms with Gasteiger partial charge in [-0.25, -0.2) is 4.79 Å². The van der Waals surface area contributed by atoms with Gasteiger partial charge in [-0.05, 0) is 42.6 Å². The number of rotatable bonds is 3. The second-order valence-corrected chi connectivity index (χ2v) is 7.12. The molecule has 2 aliphatic rings. The molecule has 1 heterocycles. The minimum Gasteiger partial charge on any atom is -0.445 e. The van der Waals surface area contributed by atoms with Crippen molar-refractivity contribution in [2.75, 3.05) is 18.4 Å². The lowest BCUT2D eigenvalue weighted by atomic mass is 9.85. The Bertz CT molecular complexity index is 493. The van der Waals surface area contributed by atoms with E-state index in [9.17, 15) is 4.79 Å². The third-order valence-corrected chi connectivity index (χ3v) is 5.84. The zero-order valence-electron chi connectivity index (χ0n) is 12.3. The molecule has 1 aliphatic heterocycles. The van der Waals surface area contributed by atoms with Gasteiger partial charge in [-0.15, -0.1) is 0 Å². The van der Waals surface area contributed by atoms with E-state index >= 15 is 0 Å². The summed E-state index contributed by atoms with van der Waals surface area (Å²) in [5, 5.41) is 1.09. The predicted octanol–water partition coefficient (Wildman–Crippen LogP) is 4.21. The predicted molar refractivity (Wildman–Crippen MR) is 86.4 cm³/mol. The standard InChI is InChI=1S/C17H22BrNO2/c18-11-15-6-7-17(10-15)8-9-19(13-17)16(20)21-12-14-4-2-1-3-5-14/h1-5,15H,6-13H2/t15-,17+/m0/s1. The molecule has 1 amide bonds. The third kappa shape index (κ3) is 3.42. The summed E-state index contributed by atoms with van der Waals surface area (Å²) < 4.78 is 5.45. The third-order valence-electron chi connectivity index (χ3n) is 4.92. The second kappa shape index (κ2) is 6.39. The monoisotopic (exact) mass is 351 g/mol. The number of carbonyl (C=O) groups is 1. The van der Waals surface area contributed by atoms with E-state index < -0.39 is 0 Å². The lowest BCUT2D eigenvalue weighted by Crippen LogP contribution is -2.31. The fraction of sp³-hybridized carbons (Fsp3) is 0.588. The molecule has 3 rings (SSSR count). The van der Waals surface area contributed by atoms with Crippen molar-refractivity contribution in [2.45, 2.75) is 32.3 Å². The number of nitrogens with zero attached hydrogens (tertiary/aromatic N) is 1. The summed E-state index contributed by atoms with van der Waals surface area (Å²) in [5.41, 5.74) is 1.41. The summed E-state index contributed by atoms with van der Waals surface area (Å²) in [6.45, 7) is 2.10. The van der Waals surface area contributed by atoms with Gasteiger partial charge in [0, 0.05) is 18.4 Å². The van der Waals surface area contributed by atoms with Crippen LogP contribution in [0.15, 0.2) is 30.3 Å². The van der Waals surface area contributed by atoms with Gasteiger partial charge in [0.05, 0.1) is 0 Å². The molecule has 0 N–H and O–H groups in total. The summed E-state index contributed by atoms with van der Waals surface area (Å²) in [7, 11) is 0. The van der Waals surface area contributed by atoms with Gasteiger partial charge in [0.1, 0.15) is 6.61 Å². The van der Waals surface area contributed by atoms with Gasteiger partial charge in [-0.1, -0.05) is 46.3 Å². The van der Waals surface area contributed by atoms with E-state index in [2.05, 4.69) is 15.9 Å². The Hall–Kier alpha value is -1.03. The fourth-order valence-corrected chi connectivity index (χ4v) is 4.28. The highest BCUT2D eigenvalue weighted by molar-refractivity contribution is 9.09. The molecule has 2 atom stereocenters. The van der Waals surface area contributed by atoms with Crippen LogP contribution < -0.4 is 0 Å². The number of benzene rings is 1. The molecule has 0 bridgehead atoms. The molecule has 1 saturated carbocycles. The zero-order chi connectivity index (χ0) is 14.7. The van der Waals surface area contributed by atoms with E-state index in [4.69, 9.17) is 4.74 Å². The number of hydrogen-bond acceptors (Lipinski definition) is 2. The number of carbonyl (C=O) groups excluding carboxylic acids is 1. The summed E-state index contributed by atoms with van der Waals surface area (Å²) in [6, 6.07) is 9.86. The highest BCUT2D eigenvalue weighted by atomic mass is 79.9. The molecule has 1 aromatic carbocycles. The van der Waals surface area contributed by atoms with Gasteiger partial charge < -0.3 is 9.64 Å². The molecule has 0 unspecified atom stereocenters. The Labute approximate surface area is 134 Å². The molecule has 21 heavy (non-hydrogen) atoms. The smallest absolute Gasteiger partial charge is 0.410 e. The first-order chi connectivity index (χ1) is 10.2. The van der Waals surface area contributed by atoms with E-state index in [1.165, 1.54) is 19.3 Å². The van der Waals surface area contributed by atoms with Crippen molar-refractivity contribution in [3.63, 3.8) is 0 Å². The van der Waals surface area contributed by atoms with Crippen LogP contribution in [0.25, 0.3) is 0 Å². The topological polar surface area (TPSA) is 29.5 Å². The number of amides is 1. The van der Waals surface area contributed by atoms with Crippen LogP contribution in [0.2, 0.25) is 0 Å². The van der Waals surface area contributed by atoms with Crippen LogP contribution in [-0.2, 0) is 11.3 Å². The van der Waals surface area contributed by atoms with Crippen LogP contribution in [0.5, 0.6) is 0 Å². The summed E-state index contributed by atoms with van der Waals surface area (Å²) in [4.78, 5) is 14.1. The van der Waals surface area contributed by atoms with Crippen molar-refractivity contribution in [2.24, 2.45) is 11.3 Å². The van der Waals surface area contributed by atoms with Crippen LogP contribution in [-0.4, -0.2) is 29.4 Å². The molecule has 3 nitrogen and oxygen atoms in total. The van der Waals surface area contributed by atoms with Crippen LogP contribution in [0.3, 0.4) is 0 Å². The van der Waals surface area contributed by atoms with E-state index in [0.29, 0.717) is 12.0 Å². The maximum Gasteiger partial charge on any atom is 0.410 e. The highest BCUT2D eigenvalue weighted by Gasteiger charge is 2.45. The SMILES string of the molecule is O=C(OCc1ccccc1)N1CC[C@@]2(CC[C@H](CBr)C2)C1. The minimum absolute atomic E-state index is 0.155. The van der Waals surface area contributed by atoms with Gasteiger partial charge in [-0.3, -0.25) is 0 Å². The van der Waals surface area contributed by atoms with Gasteiger partial charge in [0.2, 0.25) is 0 Å². The molecule has 1 aromatic rings. The average molecular weight is 352 g/mol. The number of ether oxygens (including phenoxy) is 1. The van der Waals surface area contributed by atoms with E-state index in [0.717, 1.165) is 36.3 Å². The number of hydrogen-bond donors (Lipinski definition) is 0. The van der Waals surface area contributed by atoms with Crippen LogP contribution in [0.4, 0.5) is 4.79 Å². The number of halogens is 1. The van der Waals surface area contributed by atoms with E-state index in [1.54, 1.807) is 0 Å². The molecule has 0 aromatic heterocycles. The molecule has 2 fully saturated rings. The van der Waals surface area contributed by atoms with Crippen molar-refractivity contribution < 1.29 is 9.53 Å². The van der Waals surface area contributed by atoms with E-state index in [1.807, 2.05) is 35.2 Å². The molecular formula is C17H22BrNO2. The quantitative estimate of drug-likeness (QED) is 0.763. The summed E-state index contributed by atoms with van der Waals surface area (Å²) >= 11 is 3.60. The Kier molecular flexibility index (Phi) is 4.53. The molecule has 114 valence electrons. The molecule has 1 saturated heterocycles. The average Bonchev–Trinajstić information content (AvgIpc) is 3.13. The van der Waals surface area contributed by atoms with E-state index in [-0.39, 0.29) is 6.09 Å². The molecular weight excluding hydrogens is 330 g/mol. The van der Waals surface area contributed by atoms with Crippen molar-refractivity contribution in [3.8, 4) is 0 Å². The Morgan fingerprint density at radius 2 is 2.14 bits per heavy atom. The van der Waals surface area contributed by atoms with Gasteiger partial charge in [-0.2, -0.15) is 0 Å². The lowest BCUT2D eigenvalue weighted by molar-refractivity contribution is 0.0995. The molecule has 1 aliphatic carbocycles. The minimum atomic E-state index is -0.155. The number of likely N-dealkylation sites (tertiary alicyclic amines) is 1. The molecule has 1 spiro atoms. The molecule has 4 heteroatoms. The first-order valence-electron chi connectivity index (χ1n) is 7.72. The Balaban J connectivity index is 1.51. The Morgan fingerprint density at radius 3 is 2.86 bits per heavy atom.